The third-order valence-electron chi connectivity index (χ3n) is 7.54. The van der Waals surface area contributed by atoms with Gasteiger partial charge >= 0.3 is 5.97 Å². The summed E-state index contributed by atoms with van der Waals surface area (Å²) in [5.41, 5.74) is 13.4. The average molecular weight is 631 g/mol. The van der Waals surface area contributed by atoms with E-state index in [0.717, 1.165) is 38.2 Å². The molecule has 0 saturated carbocycles. The third kappa shape index (κ3) is 8.46. The number of aliphatic imine (C=N–C) groups is 1. The van der Waals surface area contributed by atoms with E-state index in [-0.39, 0.29) is 25.6 Å². The summed E-state index contributed by atoms with van der Waals surface area (Å²) < 4.78 is 17.9. The Bertz CT molecular complexity index is 1890. The maximum Gasteiger partial charge on any atom is 0.328 e. The zero-order valence-corrected chi connectivity index (χ0v) is 26.1. The first-order chi connectivity index (χ1) is 22.9. The number of guanidine groups is 1. The van der Waals surface area contributed by atoms with Gasteiger partial charge in [-0.25, -0.2) is 4.79 Å². The van der Waals surface area contributed by atoms with Crippen molar-refractivity contribution in [2.24, 2.45) is 16.5 Å². The second-order valence-corrected chi connectivity index (χ2v) is 10.9. The van der Waals surface area contributed by atoms with Gasteiger partial charge in [0.25, 0.3) is 5.91 Å². The van der Waals surface area contributed by atoms with Crippen LogP contribution in [0.15, 0.2) is 121 Å². The molecule has 240 valence electrons. The van der Waals surface area contributed by atoms with E-state index in [1.54, 1.807) is 6.08 Å². The van der Waals surface area contributed by atoms with Gasteiger partial charge in [-0.3, -0.25) is 9.79 Å². The molecular formula is C38H38N4O5. The van der Waals surface area contributed by atoms with Gasteiger partial charge in [-0.2, -0.15) is 0 Å². The number of fused-ring (bicyclic) bond motifs is 2. The van der Waals surface area contributed by atoms with Crippen LogP contribution in [0.2, 0.25) is 0 Å². The minimum atomic E-state index is -0.919. The first-order valence-electron chi connectivity index (χ1n) is 15.4. The van der Waals surface area contributed by atoms with Crippen molar-refractivity contribution in [3.05, 3.63) is 121 Å². The highest BCUT2D eigenvalue weighted by molar-refractivity contribution is 6.09. The van der Waals surface area contributed by atoms with Crippen LogP contribution in [0.3, 0.4) is 0 Å². The fraction of sp³-hybridized carbons (Fsp3) is 0.184. The Morgan fingerprint density at radius 1 is 0.787 bits per heavy atom. The molecule has 0 aliphatic rings. The average Bonchev–Trinajstić information content (AvgIpc) is 3.10. The Kier molecular flexibility index (Phi) is 11.0. The minimum absolute atomic E-state index is 0.0407. The summed E-state index contributed by atoms with van der Waals surface area (Å²) in [6, 6.07) is 32.2. The van der Waals surface area contributed by atoms with Crippen molar-refractivity contribution in [2.75, 3.05) is 19.8 Å². The molecule has 0 unspecified atom stereocenters. The molecule has 0 bridgehead atoms. The van der Waals surface area contributed by atoms with Crippen molar-refractivity contribution in [3.63, 3.8) is 0 Å². The van der Waals surface area contributed by atoms with E-state index in [1.807, 2.05) is 103 Å². The highest BCUT2D eigenvalue weighted by Gasteiger charge is 2.24. The van der Waals surface area contributed by atoms with Crippen molar-refractivity contribution in [2.45, 2.75) is 25.5 Å². The molecule has 1 amide bonds. The Balaban J connectivity index is 1.41. The van der Waals surface area contributed by atoms with Gasteiger partial charge in [0.2, 0.25) is 0 Å². The SMILES string of the molecule is C=CCOc1ccc2ccccc2c1-c1c(OCC(=O)N[C@H](CCCN=C(N)N)C(=O)OCc2ccccc2)ccc2ccccc12. The highest BCUT2D eigenvalue weighted by atomic mass is 16.5. The smallest absolute Gasteiger partial charge is 0.328 e. The summed E-state index contributed by atoms with van der Waals surface area (Å²) in [7, 11) is 0. The summed E-state index contributed by atoms with van der Waals surface area (Å²) in [6.07, 6.45) is 2.42. The molecular weight excluding hydrogens is 592 g/mol. The van der Waals surface area contributed by atoms with Gasteiger partial charge in [-0.05, 0) is 52.1 Å². The largest absolute Gasteiger partial charge is 0.489 e. The molecule has 5 N–H and O–H groups in total. The number of carbonyl (C=O) groups is 2. The molecule has 0 radical (unpaired) electrons. The van der Waals surface area contributed by atoms with Crippen LogP contribution in [0.5, 0.6) is 11.5 Å². The van der Waals surface area contributed by atoms with Crippen LogP contribution >= 0.6 is 0 Å². The lowest BCUT2D eigenvalue weighted by molar-refractivity contribution is -0.149. The maximum atomic E-state index is 13.3. The number of hydrogen-bond donors (Lipinski definition) is 3. The number of nitrogens with zero attached hydrogens (tertiary/aromatic N) is 1. The molecule has 0 aliphatic heterocycles. The number of esters is 1. The number of nitrogens with one attached hydrogen (secondary N) is 1. The van der Waals surface area contributed by atoms with Gasteiger partial charge in [0, 0.05) is 17.7 Å². The Morgan fingerprint density at radius 2 is 1.38 bits per heavy atom. The molecule has 5 aromatic carbocycles. The van der Waals surface area contributed by atoms with E-state index >= 15 is 0 Å². The van der Waals surface area contributed by atoms with Crippen LogP contribution in [-0.4, -0.2) is 43.6 Å². The fourth-order valence-corrected chi connectivity index (χ4v) is 5.37. The van der Waals surface area contributed by atoms with E-state index in [0.29, 0.717) is 31.1 Å². The zero-order valence-electron chi connectivity index (χ0n) is 26.1. The van der Waals surface area contributed by atoms with Gasteiger partial charge in [-0.15, -0.1) is 0 Å². The van der Waals surface area contributed by atoms with Crippen molar-refractivity contribution >= 4 is 39.4 Å². The van der Waals surface area contributed by atoms with E-state index in [1.165, 1.54) is 0 Å². The van der Waals surface area contributed by atoms with Crippen molar-refractivity contribution in [1.82, 2.24) is 5.32 Å². The van der Waals surface area contributed by atoms with Crippen LogP contribution in [0, 0.1) is 0 Å². The molecule has 0 spiro atoms. The predicted octanol–water partition coefficient (Wildman–Crippen LogP) is 5.89. The summed E-state index contributed by atoms with van der Waals surface area (Å²) >= 11 is 0. The molecule has 0 fully saturated rings. The fourth-order valence-electron chi connectivity index (χ4n) is 5.37. The first-order valence-corrected chi connectivity index (χ1v) is 15.4. The minimum Gasteiger partial charge on any atom is -0.489 e. The molecule has 0 aliphatic carbocycles. The van der Waals surface area contributed by atoms with Crippen LogP contribution in [0.1, 0.15) is 18.4 Å². The van der Waals surface area contributed by atoms with Gasteiger partial charge in [-0.1, -0.05) is 104 Å². The Morgan fingerprint density at radius 3 is 2.00 bits per heavy atom. The molecule has 5 rings (SSSR count). The number of carbonyl (C=O) groups excluding carboxylic acids is 2. The summed E-state index contributed by atoms with van der Waals surface area (Å²) in [6.45, 7) is 4.17. The quantitative estimate of drug-likeness (QED) is 0.0431. The van der Waals surface area contributed by atoms with E-state index in [9.17, 15) is 9.59 Å². The van der Waals surface area contributed by atoms with Gasteiger partial charge < -0.3 is 31.0 Å². The van der Waals surface area contributed by atoms with E-state index < -0.39 is 17.9 Å². The van der Waals surface area contributed by atoms with E-state index in [2.05, 4.69) is 16.9 Å². The zero-order chi connectivity index (χ0) is 33.0. The lowest BCUT2D eigenvalue weighted by atomic mass is 9.92. The van der Waals surface area contributed by atoms with Crippen molar-refractivity contribution in [1.29, 1.82) is 0 Å². The molecule has 0 saturated heterocycles. The van der Waals surface area contributed by atoms with Crippen molar-refractivity contribution in [3.8, 4) is 22.6 Å². The predicted molar refractivity (Wildman–Crippen MR) is 186 cm³/mol. The monoisotopic (exact) mass is 630 g/mol. The topological polar surface area (TPSA) is 138 Å². The van der Waals surface area contributed by atoms with Crippen LogP contribution < -0.4 is 26.3 Å². The second-order valence-electron chi connectivity index (χ2n) is 10.9. The molecule has 47 heavy (non-hydrogen) atoms. The normalized spacial score (nSPS) is 11.4. The Hall–Kier alpha value is -5.83. The van der Waals surface area contributed by atoms with Gasteiger partial charge in [0.15, 0.2) is 12.6 Å². The number of amides is 1. The standard InChI is InChI=1S/C38H38N4O5/c1-2-23-45-32-20-18-27-13-6-8-15-29(27)35(32)36-30-16-9-7-14-28(30)19-21-33(36)46-25-34(43)42-31(17-10-22-41-38(39)40)37(44)47-24-26-11-4-3-5-12-26/h2-9,11-16,18-21,31H,1,10,17,22-25H2,(H,42,43)(H4,39,40,41)/t31-/m1/s1. The highest BCUT2D eigenvalue weighted by Crippen LogP contribution is 2.45. The summed E-state index contributed by atoms with van der Waals surface area (Å²) in [4.78, 5) is 30.4. The third-order valence-corrected chi connectivity index (χ3v) is 7.54. The summed E-state index contributed by atoms with van der Waals surface area (Å²) in [5.74, 6) is 0.0821. The van der Waals surface area contributed by atoms with E-state index in [4.69, 9.17) is 25.7 Å². The lowest BCUT2D eigenvalue weighted by Crippen LogP contribution is -2.44. The lowest BCUT2D eigenvalue weighted by Gasteiger charge is -2.20. The van der Waals surface area contributed by atoms with Gasteiger partial charge in [0.05, 0.1) is 0 Å². The molecule has 9 heteroatoms. The van der Waals surface area contributed by atoms with Crippen LogP contribution in [0.25, 0.3) is 32.7 Å². The number of ether oxygens (including phenoxy) is 3. The van der Waals surface area contributed by atoms with Crippen molar-refractivity contribution < 1.29 is 23.8 Å². The molecule has 9 nitrogen and oxygen atoms in total. The molecule has 1 atom stereocenters. The number of rotatable bonds is 15. The van der Waals surface area contributed by atoms with Crippen LogP contribution in [-0.2, 0) is 20.9 Å². The number of benzene rings is 5. The molecule has 0 aromatic heterocycles. The summed E-state index contributed by atoms with van der Waals surface area (Å²) in [5, 5.41) is 6.74. The van der Waals surface area contributed by atoms with Gasteiger partial charge in [0.1, 0.15) is 30.8 Å². The number of nitrogens with two attached hydrogens (primary N) is 2. The number of hydrogen-bond acceptors (Lipinski definition) is 6. The Labute approximate surface area is 273 Å². The molecule has 5 aromatic rings. The first kappa shape index (κ1) is 32.6. The van der Waals surface area contributed by atoms with Crippen LogP contribution in [0.4, 0.5) is 0 Å². The molecule has 0 heterocycles. The second kappa shape index (κ2) is 15.9. The maximum absolute atomic E-state index is 13.3.